The van der Waals surface area contributed by atoms with Crippen LogP contribution in [0.3, 0.4) is 0 Å². The number of ether oxygens (including phenoxy) is 1. The molecule has 150 valence electrons. The molecule has 0 aliphatic carbocycles. The normalized spacial score (nSPS) is 12.2. The SMILES string of the molecule is CN=C(NCCCCc1nc(C)cs1)NCC(C)Oc1ccc(F)cc1.I. The van der Waals surface area contributed by atoms with E-state index >= 15 is 0 Å². The Hall–Kier alpha value is -1.42. The van der Waals surface area contributed by atoms with E-state index in [-0.39, 0.29) is 35.9 Å². The van der Waals surface area contributed by atoms with Gasteiger partial charge >= 0.3 is 0 Å². The van der Waals surface area contributed by atoms with Crippen LogP contribution in [0.2, 0.25) is 0 Å². The largest absolute Gasteiger partial charge is 0.489 e. The molecule has 0 aliphatic rings. The summed E-state index contributed by atoms with van der Waals surface area (Å²) in [6.45, 7) is 5.45. The molecule has 0 radical (unpaired) electrons. The first-order valence-corrected chi connectivity index (χ1v) is 9.72. The van der Waals surface area contributed by atoms with Crippen LogP contribution in [0.25, 0.3) is 0 Å². The minimum absolute atomic E-state index is 0. The maximum absolute atomic E-state index is 12.9. The summed E-state index contributed by atoms with van der Waals surface area (Å²) in [6, 6.07) is 6.04. The topological polar surface area (TPSA) is 58.5 Å². The van der Waals surface area contributed by atoms with E-state index in [1.54, 1.807) is 30.5 Å². The van der Waals surface area contributed by atoms with Gasteiger partial charge < -0.3 is 15.4 Å². The maximum atomic E-state index is 12.9. The molecule has 0 bridgehead atoms. The highest BCUT2D eigenvalue weighted by molar-refractivity contribution is 14.0. The van der Waals surface area contributed by atoms with Crippen molar-refractivity contribution < 1.29 is 9.13 Å². The van der Waals surface area contributed by atoms with Gasteiger partial charge in [-0.1, -0.05) is 0 Å². The van der Waals surface area contributed by atoms with Gasteiger partial charge in [0.25, 0.3) is 0 Å². The minimum atomic E-state index is -0.266. The molecule has 0 saturated heterocycles. The summed E-state index contributed by atoms with van der Waals surface area (Å²) < 4.78 is 18.6. The summed E-state index contributed by atoms with van der Waals surface area (Å²) in [5.74, 6) is 1.14. The highest BCUT2D eigenvalue weighted by Gasteiger charge is 2.06. The molecule has 1 heterocycles. The van der Waals surface area contributed by atoms with Gasteiger partial charge in [-0.05, 0) is 57.4 Å². The fourth-order valence-corrected chi connectivity index (χ4v) is 3.19. The molecule has 27 heavy (non-hydrogen) atoms. The van der Waals surface area contributed by atoms with Crippen molar-refractivity contribution in [2.45, 2.75) is 39.2 Å². The number of aromatic nitrogens is 1. The predicted octanol–water partition coefficient (Wildman–Crippen LogP) is 4.16. The van der Waals surface area contributed by atoms with E-state index in [4.69, 9.17) is 4.74 Å². The zero-order chi connectivity index (χ0) is 18.8. The number of thiazole rings is 1. The molecule has 2 rings (SSSR count). The van der Waals surface area contributed by atoms with Crippen molar-refractivity contribution in [1.29, 1.82) is 0 Å². The molecule has 0 saturated carbocycles. The van der Waals surface area contributed by atoms with Crippen LogP contribution in [-0.4, -0.2) is 37.2 Å². The number of aliphatic imine (C=N–C) groups is 1. The monoisotopic (exact) mass is 506 g/mol. The average molecular weight is 506 g/mol. The summed E-state index contributed by atoms with van der Waals surface area (Å²) in [6.07, 6.45) is 3.11. The van der Waals surface area contributed by atoms with Gasteiger partial charge in [0, 0.05) is 24.7 Å². The Kier molecular flexibility index (Phi) is 11.3. The molecule has 0 amide bonds. The van der Waals surface area contributed by atoms with E-state index < -0.39 is 0 Å². The van der Waals surface area contributed by atoms with Gasteiger partial charge in [0.2, 0.25) is 0 Å². The molecule has 8 heteroatoms. The van der Waals surface area contributed by atoms with Crippen LogP contribution in [0.4, 0.5) is 4.39 Å². The van der Waals surface area contributed by atoms with E-state index in [9.17, 15) is 4.39 Å². The lowest BCUT2D eigenvalue weighted by Gasteiger charge is -2.17. The first kappa shape index (κ1) is 23.6. The van der Waals surface area contributed by atoms with Gasteiger partial charge in [0.15, 0.2) is 5.96 Å². The summed E-state index contributed by atoms with van der Waals surface area (Å²) in [5.41, 5.74) is 1.10. The van der Waals surface area contributed by atoms with E-state index in [1.165, 1.54) is 17.1 Å². The highest BCUT2D eigenvalue weighted by Crippen LogP contribution is 2.13. The molecule has 5 nitrogen and oxygen atoms in total. The average Bonchev–Trinajstić information content (AvgIpc) is 3.04. The Morgan fingerprint density at radius 2 is 2.00 bits per heavy atom. The molecule has 2 aromatic rings. The van der Waals surface area contributed by atoms with E-state index in [0.717, 1.165) is 37.5 Å². The quantitative estimate of drug-likeness (QED) is 0.232. The minimum Gasteiger partial charge on any atom is -0.489 e. The van der Waals surface area contributed by atoms with Gasteiger partial charge in [-0.2, -0.15) is 0 Å². The fourth-order valence-electron chi connectivity index (χ4n) is 2.37. The molecule has 0 spiro atoms. The smallest absolute Gasteiger partial charge is 0.191 e. The number of halogens is 2. The van der Waals surface area contributed by atoms with Crippen LogP contribution in [0.15, 0.2) is 34.6 Å². The predicted molar refractivity (Wildman–Crippen MR) is 121 cm³/mol. The third-order valence-corrected chi connectivity index (χ3v) is 4.73. The number of unbranched alkanes of at least 4 members (excludes halogenated alkanes) is 1. The van der Waals surface area contributed by atoms with Gasteiger partial charge in [-0.15, -0.1) is 35.3 Å². The van der Waals surface area contributed by atoms with Crippen LogP contribution in [0.1, 0.15) is 30.5 Å². The second kappa shape index (κ2) is 12.9. The number of benzene rings is 1. The first-order chi connectivity index (χ1) is 12.6. The lowest BCUT2D eigenvalue weighted by molar-refractivity contribution is 0.223. The summed E-state index contributed by atoms with van der Waals surface area (Å²) >= 11 is 1.73. The van der Waals surface area contributed by atoms with Gasteiger partial charge in [0.05, 0.1) is 11.6 Å². The van der Waals surface area contributed by atoms with E-state index in [1.807, 2.05) is 13.8 Å². The van der Waals surface area contributed by atoms with Crippen molar-refractivity contribution in [3.05, 3.63) is 46.2 Å². The number of guanidine groups is 1. The summed E-state index contributed by atoms with van der Waals surface area (Å²) in [7, 11) is 1.75. The molecule has 1 unspecified atom stereocenters. The molecule has 1 aromatic carbocycles. The van der Waals surface area contributed by atoms with Crippen LogP contribution in [0, 0.1) is 12.7 Å². The van der Waals surface area contributed by atoms with Crippen LogP contribution in [-0.2, 0) is 6.42 Å². The lowest BCUT2D eigenvalue weighted by atomic mass is 10.2. The molecule has 0 aliphatic heterocycles. The van der Waals surface area contributed by atoms with Gasteiger partial charge in [-0.3, -0.25) is 4.99 Å². The van der Waals surface area contributed by atoms with Crippen molar-refractivity contribution in [1.82, 2.24) is 15.6 Å². The van der Waals surface area contributed by atoms with E-state index in [2.05, 4.69) is 26.0 Å². The van der Waals surface area contributed by atoms with E-state index in [0.29, 0.717) is 12.3 Å². The zero-order valence-corrected chi connectivity index (χ0v) is 19.1. The highest BCUT2D eigenvalue weighted by atomic mass is 127. The molecule has 0 fully saturated rings. The number of aryl methyl sites for hydroxylation is 2. The molecule has 2 N–H and O–H groups in total. The van der Waals surface area contributed by atoms with Crippen LogP contribution in [0.5, 0.6) is 5.75 Å². The number of rotatable bonds is 9. The van der Waals surface area contributed by atoms with Crippen molar-refractivity contribution in [2.75, 3.05) is 20.1 Å². The Bertz CT molecular complexity index is 693. The van der Waals surface area contributed by atoms with Crippen molar-refractivity contribution in [3.8, 4) is 5.75 Å². The first-order valence-electron chi connectivity index (χ1n) is 8.84. The van der Waals surface area contributed by atoms with Crippen molar-refractivity contribution in [3.63, 3.8) is 0 Å². The standard InChI is InChI=1S/C19H27FN4OS.HI/c1-14-13-26-18(24-14)6-4-5-11-22-19(21-3)23-12-15(2)25-17-9-7-16(20)8-10-17;/h7-10,13,15H,4-6,11-12H2,1-3H3,(H2,21,22,23);1H. The second-order valence-corrected chi connectivity index (χ2v) is 7.04. The number of nitrogens with zero attached hydrogens (tertiary/aromatic N) is 2. The molecule has 1 aromatic heterocycles. The van der Waals surface area contributed by atoms with Gasteiger partial charge in [0.1, 0.15) is 17.7 Å². The third kappa shape index (κ3) is 9.37. The van der Waals surface area contributed by atoms with Crippen molar-refractivity contribution >= 4 is 41.3 Å². The molecular formula is C19H28FIN4OS. The Morgan fingerprint density at radius 3 is 2.63 bits per heavy atom. The Morgan fingerprint density at radius 1 is 1.26 bits per heavy atom. The Balaban J connectivity index is 0.00000364. The van der Waals surface area contributed by atoms with Gasteiger partial charge in [-0.25, -0.2) is 9.37 Å². The maximum Gasteiger partial charge on any atom is 0.191 e. The third-order valence-electron chi connectivity index (χ3n) is 3.71. The molecular weight excluding hydrogens is 478 g/mol. The van der Waals surface area contributed by atoms with Crippen LogP contribution >= 0.6 is 35.3 Å². The molecule has 1 atom stereocenters. The Labute approximate surface area is 181 Å². The fraction of sp³-hybridized carbons (Fsp3) is 0.474. The zero-order valence-electron chi connectivity index (χ0n) is 16.0. The summed E-state index contributed by atoms with van der Waals surface area (Å²) in [5, 5.41) is 9.84. The van der Waals surface area contributed by atoms with Crippen LogP contribution < -0.4 is 15.4 Å². The lowest BCUT2D eigenvalue weighted by Crippen LogP contribution is -2.42. The number of hydrogen-bond donors (Lipinski definition) is 2. The second-order valence-electron chi connectivity index (χ2n) is 6.10. The summed E-state index contributed by atoms with van der Waals surface area (Å²) in [4.78, 5) is 8.69. The van der Waals surface area contributed by atoms with Crippen molar-refractivity contribution in [2.24, 2.45) is 4.99 Å². The number of nitrogens with one attached hydrogen (secondary N) is 2. The number of hydrogen-bond acceptors (Lipinski definition) is 4.